The van der Waals surface area contributed by atoms with Gasteiger partial charge >= 0.3 is 0 Å². The highest BCUT2D eigenvalue weighted by molar-refractivity contribution is 5.90. The van der Waals surface area contributed by atoms with Crippen LogP contribution in [-0.2, 0) is 4.79 Å². The van der Waals surface area contributed by atoms with Gasteiger partial charge in [-0.15, -0.1) is 0 Å². The lowest BCUT2D eigenvalue weighted by Gasteiger charge is -2.00. The first-order valence-corrected chi connectivity index (χ1v) is 3.67. The highest BCUT2D eigenvalue weighted by atomic mass is 19.1. The van der Waals surface area contributed by atoms with Crippen LogP contribution in [0.2, 0.25) is 0 Å². The molecule has 0 spiro atoms. The van der Waals surface area contributed by atoms with Crippen molar-refractivity contribution >= 4 is 12.0 Å². The van der Waals surface area contributed by atoms with Gasteiger partial charge in [0.1, 0.15) is 5.82 Å². The van der Waals surface area contributed by atoms with Gasteiger partial charge in [0.25, 0.3) is 0 Å². The van der Waals surface area contributed by atoms with E-state index in [0.717, 1.165) is 24.3 Å². The van der Waals surface area contributed by atoms with Crippen molar-refractivity contribution in [2.75, 3.05) is 0 Å². The van der Waals surface area contributed by atoms with Gasteiger partial charge in [-0.05, 0) is 18.2 Å². The molecule has 0 radical (unpaired) electrons. The topological polar surface area (TPSA) is 63.3 Å². The quantitative estimate of drug-likeness (QED) is 0.702. The maximum absolute atomic E-state index is 13.0. The van der Waals surface area contributed by atoms with Crippen molar-refractivity contribution in [2.45, 2.75) is 0 Å². The average Bonchev–Trinajstić information content (AvgIpc) is 2.11. The van der Waals surface area contributed by atoms with E-state index in [2.05, 4.69) is 0 Å². The first-order valence-electron chi connectivity index (χ1n) is 3.67. The number of nitrogens with two attached hydrogens (primary N) is 1. The summed E-state index contributed by atoms with van der Waals surface area (Å²) in [5, 5.41) is 8.90. The predicted molar refractivity (Wildman–Crippen MR) is 46.3 cm³/mol. The minimum Gasteiger partial charge on any atom is -0.505 e. The van der Waals surface area contributed by atoms with Gasteiger partial charge in [-0.1, -0.05) is 0 Å². The standard InChI is InChI=1S/C9H7F2NO2/c10-6-2-3-7(13)9(11)5(6)1-4-8(12)14/h1-4,13H,(H2,12,14)/b4-1+. The number of amides is 1. The summed E-state index contributed by atoms with van der Waals surface area (Å²) in [4.78, 5) is 10.3. The van der Waals surface area contributed by atoms with Gasteiger partial charge in [-0.3, -0.25) is 4.79 Å². The molecule has 1 aromatic carbocycles. The first kappa shape index (κ1) is 10.2. The maximum atomic E-state index is 13.0. The molecule has 0 saturated carbocycles. The minimum absolute atomic E-state index is 0.496. The molecule has 0 aromatic heterocycles. The Morgan fingerprint density at radius 3 is 2.64 bits per heavy atom. The van der Waals surface area contributed by atoms with Gasteiger partial charge in [0.2, 0.25) is 5.91 Å². The number of carbonyl (C=O) groups is 1. The monoisotopic (exact) mass is 199 g/mol. The van der Waals surface area contributed by atoms with Gasteiger partial charge in [0, 0.05) is 6.08 Å². The molecule has 1 amide bonds. The third kappa shape index (κ3) is 2.07. The molecule has 0 atom stereocenters. The summed E-state index contributed by atoms with van der Waals surface area (Å²) in [6.45, 7) is 0. The Kier molecular flexibility index (Phi) is 2.81. The molecule has 0 aliphatic rings. The van der Waals surface area contributed by atoms with Crippen molar-refractivity contribution in [2.24, 2.45) is 5.73 Å². The lowest BCUT2D eigenvalue weighted by atomic mass is 10.1. The summed E-state index contributed by atoms with van der Waals surface area (Å²) < 4.78 is 25.9. The van der Waals surface area contributed by atoms with Crippen LogP contribution in [0.3, 0.4) is 0 Å². The number of benzene rings is 1. The second kappa shape index (κ2) is 3.87. The number of phenols is 1. The van der Waals surface area contributed by atoms with Gasteiger partial charge in [0.15, 0.2) is 11.6 Å². The highest BCUT2D eigenvalue weighted by Crippen LogP contribution is 2.22. The van der Waals surface area contributed by atoms with E-state index in [0.29, 0.717) is 0 Å². The fraction of sp³-hybridized carbons (Fsp3) is 0. The molecular formula is C9H7F2NO2. The molecule has 1 aromatic rings. The number of halogens is 2. The molecule has 0 bridgehead atoms. The third-order valence-corrected chi connectivity index (χ3v) is 1.52. The van der Waals surface area contributed by atoms with Crippen LogP contribution in [0.25, 0.3) is 6.08 Å². The Hall–Kier alpha value is -1.91. The Bertz CT molecular complexity index is 402. The summed E-state index contributed by atoms with van der Waals surface area (Å²) in [6, 6.07) is 1.77. The van der Waals surface area contributed by atoms with E-state index in [1.807, 2.05) is 0 Å². The van der Waals surface area contributed by atoms with E-state index in [4.69, 9.17) is 10.8 Å². The Labute approximate surface area is 78.5 Å². The van der Waals surface area contributed by atoms with Crippen molar-refractivity contribution in [3.05, 3.63) is 35.4 Å². The summed E-state index contributed by atoms with van der Waals surface area (Å²) >= 11 is 0. The minimum atomic E-state index is -1.12. The second-order valence-electron chi connectivity index (χ2n) is 2.53. The number of hydrogen-bond acceptors (Lipinski definition) is 2. The number of rotatable bonds is 2. The number of carbonyl (C=O) groups excluding carboxylic acids is 1. The average molecular weight is 199 g/mol. The van der Waals surface area contributed by atoms with Crippen LogP contribution < -0.4 is 5.73 Å². The molecule has 74 valence electrons. The molecule has 3 N–H and O–H groups in total. The zero-order chi connectivity index (χ0) is 10.7. The van der Waals surface area contributed by atoms with Gasteiger partial charge < -0.3 is 10.8 Å². The highest BCUT2D eigenvalue weighted by Gasteiger charge is 2.10. The van der Waals surface area contributed by atoms with E-state index in [9.17, 15) is 13.6 Å². The third-order valence-electron chi connectivity index (χ3n) is 1.52. The van der Waals surface area contributed by atoms with Gasteiger partial charge in [-0.2, -0.15) is 0 Å². The van der Waals surface area contributed by atoms with Crippen LogP contribution in [-0.4, -0.2) is 11.0 Å². The van der Waals surface area contributed by atoms with E-state index in [1.165, 1.54) is 0 Å². The number of aromatic hydroxyl groups is 1. The Balaban J connectivity index is 3.19. The van der Waals surface area contributed by atoms with Crippen molar-refractivity contribution in [3.63, 3.8) is 0 Å². The molecule has 0 fully saturated rings. The molecule has 14 heavy (non-hydrogen) atoms. The Morgan fingerprint density at radius 2 is 2.07 bits per heavy atom. The van der Waals surface area contributed by atoms with Gasteiger partial charge in [-0.25, -0.2) is 8.78 Å². The molecule has 0 unspecified atom stereocenters. The molecule has 5 heteroatoms. The van der Waals surface area contributed by atoms with Crippen molar-refractivity contribution in [1.82, 2.24) is 0 Å². The Morgan fingerprint density at radius 1 is 1.43 bits per heavy atom. The smallest absolute Gasteiger partial charge is 0.241 e. The zero-order valence-electron chi connectivity index (χ0n) is 7.00. The van der Waals surface area contributed by atoms with E-state index in [1.54, 1.807) is 0 Å². The van der Waals surface area contributed by atoms with Crippen molar-refractivity contribution in [3.8, 4) is 5.75 Å². The van der Waals surface area contributed by atoms with Crippen LogP contribution in [0.5, 0.6) is 5.75 Å². The lowest BCUT2D eigenvalue weighted by molar-refractivity contribution is -0.113. The maximum Gasteiger partial charge on any atom is 0.241 e. The second-order valence-corrected chi connectivity index (χ2v) is 2.53. The number of hydrogen-bond donors (Lipinski definition) is 2. The van der Waals surface area contributed by atoms with E-state index in [-0.39, 0.29) is 0 Å². The molecular weight excluding hydrogens is 192 g/mol. The molecule has 3 nitrogen and oxygen atoms in total. The molecule has 0 aliphatic heterocycles. The largest absolute Gasteiger partial charge is 0.505 e. The fourth-order valence-corrected chi connectivity index (χ4v) is 0.876. The number of phenolic OH excluding ortho intramolecular Hbond substituents is 1. The van der Waals surface area contributed by atoms with Gasteiger partial charge in [0.05, 0.1) is 5.56 Å². The molecule has 1 rings (SSSR count). The van der Waals surface area contributed by atoms with Crippen LogP contribution in [0.15, 0.2) is 18.2 Å². The summed E-state index contributed by atoms with van der Waals surface area (Å²) in [6.07, 6.45) is 1.67. The fourth-order valence-electron chi connectivity index (χ4n) is 0.876. The molecule has 0 saturated heterocycles. The van der Waals surface area contributed by atoms with E-state index < -0.39 is 28.9 Å². The zero-order valence-corrected chi connectivity index (χ0v) is 7.00. The van der Waals surface area contributed by atoms with Crippen molar-refractivity contribution in [1.29, 1.82) is 0 Å². The summed E-state index contributed by atoms with van der Waals surface area (Å²) in [7, 11) is 0. The summed E-state index contributed by atoms with van der Waals surface area (Å²) in [5.41, 5.74) is 4.25. The SMILES string of the molecule is NC(=O)/C=C/c1c(F)ccc(O)c1F. The lowest BCUT2D eigenvalue weighted by Crippen LogP contribution is -2.05. The predicted octanol–water partition coefficient (Wildman–Crippen LogP) is 1.17. The number of primary amides is 1. The summed E-state index contributed by atoms with van der Waals surface area (Å²) in [5.74, 6) is -3.51. The van der Waals surface area contributed by atoms with Crippen LogP contribution in [0.4, 0.5) is 8.78 Å². The van der Waals surface area contributed by atoms with E-state index >= 15 is 0 Å². The molecule has 0 heterocycles. The first-order chi connectivity index (χ1) is 6.52. The van der Waals surface area contributed by atoms with Crippen LogP contribution in [0, 0.1) is 11.6 Å². The van der Waals surface area contributed by atoms with Crippen LogP contribution in [0.1, 0.15) is 5.56 Å². The van der Waals surface area contributed by atoms with Crippen molar-refractivity contribution < 1.29 is 18.7 Å². The normalized spacial score (nSPS) is 10.7. The molecule has 0 aliphatic carbocycles. The van der Waals surface area contributed by atoms with Crippen LogP contribution >= 0.6 is 0 Å².